The van der Waals surface area contributed by atoms with Crippen LogP contribution in [0.15, 0.2) is 59.5 Å². The van der Waals surface area contributed by atoms with Crippen LogP contribution in [0.4, 0.5) is 15.1 Å². The lowest BCUT2D eigenvalue weighted by molar-refractivity contribution is 0.0289. The summed E-state index contributed by atoms with van der Waals surface area (Å²) in [6.45, 7) is 7.66. The van der Waals surface area contributed by atoms with Crippen molar-refractivity contribution in [2.24, 2.45) is 5.92 Å². The number of nitrogens with zero attached hydrogens (tertiary/aromatic N) is 4. The largest absolute Gasteiger partial charge is 0.444 e. The standard InChI is InChI=1S/C28H31FN6O3/c1-28(2,3)38-27(37)34-12-11-19(16-34)14-30-25-31-15-23-24(33-25)35(26(36)32-23)17-18-7-6-8-20(13-18)21-9-4-5-10-22(21)29/h4-10,13,15,19H,11-12,14,16-17H2,1-3H3,(H,32,36)(H,30,31,33)/t19-/m0/s1. The van der Waals surface area contributed by atoms with Gasteiger partial charge < -0.3 is 19.9 Å². The Morgan fingerprint density at radius 2 is 2.03 bits per heavy atom. The molecule has 10 heteroatoms. The van der Waals surface area contributed by atoms with E-state index >= 15 is 0 Å². The lowest BCUT2D eigenvalue weighted by Gasteiger charge is -2.24. The number of carbonyl (C=O) groups is 1. The Balaban J connectivity index is 1.29. The molecule has 0 aliphatic carbocycles. The van der Waals surface area contributed by atoms with Gasteiger partial charge in [-0.15, -0.1) is 0 Å². The number of fused-ring (bicyclic) bond motifs is 1. The van der Waals surface area contributed by atoms with E-state index in [4.69, 9.17) is 4.74 Å². The van der Waals surface area contributed by atoms with Gasteiger partial charge in [0.2, 0.25) is 5.95 Å². The van der Waals surface area contributed by atoms with Crippen molar-refractivity contribution in [3.8, 4) is 11.1 Å². The first-order valence-electron chi connectivity index (χ1n) is 12.7. The van der Waals surface area contributed by atoms with Crippen LogP contribution in [0.5, 0.6) is 0 Å². The molecule has 1 aliphatic rings. The molecule has 2 aromatic heterocycles. The third-order valence-electron chi connectivity index (χ3n) is 6.45. The van der Waals surface area contributed by atoms with Gasteiger partial charge in [-0.3, -0.25) is 4.57 Å². The van der Waals surface area contributed by atoms with E-state index in [1.54, 1.807) is 33.9 Å². The van der Waals surface area contributed by atoms with Crippen LogP contribution >= 0.6 is 0 Å². The zero-order valence-corrected chi connectivity index (χ0v) is 21.7. The lowest BCUT2D eigenvalue weighted by atomic mass is 10.0. The molecule has 0 spiro atoms. The number of nitrogens with one attached hydrogen (secondary N) is 2. The van der Waals surface area contributed by atoms with Gasteiger partial charge in [-0.25, -0.2) is 19.0 Å². The van der Waals surface area contributed by atoms with Crippen molar-refractivity contribution in [2.45, 2.75) is 39.3 Å². The van der Waals surface area contributed by atoms with Gasteiger partial charge >= 0.3 is 11.8 Å². The number of anilines is 1. The average Bonchev–Trinajstić information content (AvgIpc) is 3.47. The summed E-state index contributed by atoms with van der Waals surface area (Å²) in [5.74, 6) is 0.339. The molecule has 1 saturated heterocycles. The molecule has 0 bridgehead atoms. The Hall–Kier alpha value is -4.21. The number of H-pyrrole nitrogens is 1. The molecule has 5 rings (SSSR count). The van der Waals surface area contributed by atoms with E-state index in [0.717, 1.165) is 17.5 Å². The molecular weight excluding hydrogens is 487 g/mol. The van der Waals surface area contributed by atoms with Crippen LogP contribution in [0.25, 0.3) is 22.3 Å². The summed E-state index contributed by atoms with van der Waals surface area (Å²) in [6, 6.07) is 14.1. The Morgan fingerprint density at radius 1 is 1.21 bits per heavy atom. The fourth-order valence-corrected chi connectivity index (χ4v) is 4.62. The van der Waals surface area contributed by atoms with Crippen molar-refractivity contribution in [1.29, 1.82) is 0 Å². The second kappa shape index (κ2) is 10.3. The third kappa shape index (κ3) is 5.69. The topological polar surface area (TPSA) is 105 Å². The quantitative estimate of drug-likeness (QED) is 0.385. The monoisotopic (exact) mass is 518 g/mol. The van der Waals surface area contributed by atoms with Gasteiger partial charge in [0.15, 0.2) is 5.65 Å². The van der Waals surface area contributed by atoms with E-state index in [1.165, 1.54) is 6.07 Å². The minimum atomic E-state index is -0.526. The van der Waals surface area contributed by atoms with Gasteiger partial charge in [-0.05, 0) is 56.4 Å². The van der Waals surface area contributed by atoms with Crippen LogP contribution in [0.2, 0.25) is 0 Å². The van der Waals surface area contributed by atoms with Crippen molar-refractivity contribution in [1.82, 2.24) is 24.4 Å². The number of rotatable bonds is 6. The minimum Gasteiger partial charge on any atom is -0.444 e. The Morgan fingerprint density at radius 3 is 2.82 bits per heavy atom. The SMILES string of the molecule is CC(C)(C)OC(=O)N1CC[C@@H](CNc2ncc3[nH]c(=O)n(Cc4cccc(-c5ccccc5F)c4)c3n2)C1. The Bertz CT molecular complexity index is 1520. The molecule has 2 aromatic carbocycles. The van der Waals surface area contributed by atoms with E-state index in [0.29, 0.717) is 42.3 Å². The zero-order chi connectivity index (χ0) is 26.9. The van der Waals surface area contributed by atoms with Crippen LogP contribution in [0.3, 0.4) is 0 Å². The van der Waals surface area contributed by atoms with Crippen LogP contribution in [-0.2, 0) is 11.3 Å². The molecule has 1 fully saturated rings. The molecule has 0 unspecified atom stereocenters. The summed E-state index contributed by atoms with van der Waals surface area (Å²) in [4.78, 5) is 38.5. The highest BCUT2D eigenvalue weighted by molar-refractivity contribution is 5.71. The van der Waals surface area contributed by atoms with Crippen LogP contribution < -0.4 is 11.0 Å². The van der Waals surface area contributed by atoms with E-state index in [-0.39, 0.29) is 30.1 Å². The molecule has 0 radical (unpaired) electrons. The highest BCUT2D eigenvalue weighted by Gasteiger charge is 2.29. The molecule has 1 aliphatic heterocycles. The van der Waals surface area contributed by atoms with Crippen molar-refractivity contribution in [3.63, 3.8) is 0 Å². The van der Waals surface area contributed by atoms with Gasteiger partial charge in [-0.1, -0.05) is 36.4 Å². The highest BCUT2D eigenvalue weighted by atomic mass is 19.1. The van der Waals surface area contributed by atoms with Gasteiger partial charge in [0, 0.05) is 25.2 Å². The maximum absolute atomic E-state index is 14.3. The van der Waals surface area contributed by atoms with E-state index in [1.807, 2.05) is 45.0 Å². The number of hydrogen-bond donors (Lipinski definition) is 2. The predicted octanol–water partition coefficient (Wildman–Crippen LogP) is 4.64. The average molecular weight is 519 g/mol. The number of ether oxygens (including phenoxy) is 1. The molecule has 38 heavy (non-hydrogen) atoms. The number of hydrogen-bond acceptors (Lipinski definition) is 6. The van der Waals surface area contributed by atoms with Crippen LogP contribution in [-0.4, -0.2) is 55.7 Å². The first-order valence-corrected chi connectivity index (χ1v) is 12.7. The fourth-order valence-electron chi connectivity index (χ4n) is 4.62. The smallest absolute Gasteiger partial charge is 0.410 e. The van der Waals surface area contributed by atoms with E-state index < -0.39 is 5.60 Å². The van der Waals surface area contributed by atoms with E-state index in [9.17, 15) is 14.0 Å². The number of likely N-dealkylation sites (tertiary alicyclic amines) is 1. The van der Waals surface area contributed by atoms with Crippen LogP contribution in [0, 0.1) is 11.7 Å². The summed E-state index contributed by atoms with van der Waals surface area (Å²) in [6.07, 6.45) is 2.13. The number of amides is 1. The second-order valence-corrected chi connectivity index (χ2v) is 10.6. The van der Waals surface area contributed by atoms with Crippen molar-refractivity contribution < 1.29 is 13.9 Å². The Labute approximate surface area is 219 Å². The predicted molar refractivity (Wildman–Crippen MR) is 143 cm³/mol. The molecular formula is C28H31FN6O3. The van der Waals surface area contributed by atoms with Crippen molar-refractivity contribution >= 4 is 23.2 Å². The highest BCUT2D eigenvalue weighted by Crippen LogP contribution is 2.24. The summed E-state index contributed by atoms with van der Waals surface area (Å²) in [5, 5.41) is 3.25. The molecule has 198 valence electrons. The third-order valence-corrected chi connectivity index (χ3v) is 6.45. The zero-order valence-electron chi connectivity index (χ0n) is 21.7. The van der Waals surface area contributed by atoms with Gasteiger partial charge in [0.1, 0.15) is 16.9 Å². The minimum absolute atomic E-state index is 0.233. The first-order chi connectivity index (χ1) is 18.2. The molecule has 0 saturated carbocycles. The van der Waals surface area contributed by atoms with Crippen molar-refractivity contribution in [2.75, 3.05) is 25.0 Å². The Kier molecular flexibility index (Phi) is 6.88. The van der Waals surface area contributed by atoms with Crippen LogP contribution in [0.1, 0.15) is 32.8 Å². The number of aromatic nitrogens is 4. The maximum atomic E-state index is 14.3. The number of carbonyl (C=O) groups excluding carboxylic acids is 1. The molecule has 3 heterocycles. The first kappa shape index (κ1) is 25.4. The number of halogens is 1. The number of aromatic amines is 1. The molecule has 1 atom stereocenters. The van der Waals surface area contributed by atoms with Gasteiger partial charge in [0.25, 0.3) is 0 Å². The summed E-state index contributed by atoms with van der Waals surface area (Å²) < 4.78 is 21.3. The molecule has 4 aromatic rings. The van der Waals surface area contributed by atoms with Gasteiger partial charge in [0.05, 0.1) is 12.7 Å². The molecule has 2 N–H and O–H groups in total. The van der Waals surface area contributed by atoms with E-state index in [2.05, 4.69) is 20.3 Å². The summed E-state index contributed by atoms with van der Waals surface area (Å²) >= 11 is 0. The molecule has 9 nitrogen and oxygen atoms in total. The normalized spacial score (nSPS) is 15.7. The van der Waals surface area contributed by atoms with Gasteiger partial charge in [-0.2, -0.15) is 4.98 Å². The lowest BCUT2D eigenvalue weighted by Crippen LogP contribution is -2.35. The molecule has 1 amide bonds. The second-order valence-electron chi connectivity index (χ2n) is 10.6. The fraction of sp³-hybridized carbons (Fsp3) is 0.357. The number of benzene rings is 2. The summed E-state index contributed by atoms with van der Waals surface area (Å²) in [5.41, 5.74) is 2.27. The maximum Gasteiger partial charge on any atom is 0.410 e. The number of imidazole rings is 1. The van der Waals surface area contributed by atoms with Crippen molar-refractivity contribution in [3.05, 3.63) is 76.6 Å². The summed E-state index contributed by atoms with van der Waals surface area (Å²) in [7, 11) is 0.